The molecular weight excluding hydrogens is 350 g/mol. The lowest BCUT2D eigenvalue weighted by atomic mass is 10.2. The van der Waals surface area contributed by atoms with Crippen molar-refractivity contribution in [3.63, 3.8) is 0 Å². The summed E-state index contributed by atoms with van der Waals surface area (Å²) in [4.78, 5) is 35.2. The second-order valence-corrected chi connectivity index (χ2v) is 5.80. The van der Waals surface area contributed by atoms with Crippen LogP contribution in [-0.2, 0) is 16.1 Å². The van der Waals surface area contributed by atoms with E-state index < -0.39 is 23.7 Å². The third-order valence-electron chi connectivity index (χ3n) is 3.71. The molecule has 3 aromatic rings. The predicted octanol–water partition coefficient (Wildman–Crippen LogP) is 3.01. The van der Waals surface area contributed by atoms with Crippen LogP contribution in [0.2, 0.25) is 0 Å². The number of carbonyl (C=O) groups is 2. The summed E-state index contributed by atoms with van der Waals surface area (Å²) in [6.45, 7) is 1.57. The first-order valence-corrected chi connectivity index (χ1v) is 8.24. The van der Waals surface area contributed by atoms with E-state index in [4.69, 9.17) is 13.9 Å². The van der Waals surface area contributed by atoms with E-state index in [1.54, 1.807) is 18.2 Å². The molecule has 7 heteroatoms. The van der Waals surface area contributed by atoms with Gasteiger partial charge in [0.2, 0.25) is 0 Å². The van der Waals surface area contributed by atoms with Gasteiger partial charge in [0.15, 0.2) is 0 Å². The van der Waals surface area contributed by atoms with Crippen LogP contribution in [0.15, 0.2) is 69.9 Å². The molecule has 0 unspecified atom stereocenters. The Bertz CT molecular complexity index is 1010. The lowest BCUT2D eigenvalue weighted by Gasteiger charge is -2.13. The van der Waals surface area contributed by atoms with Crippen molar-refractivity contribution in [2.24, 2.45) is 0 Å². The maximum absolute atomic E-state index is 12.1. The van der Waals surface area contributed by atoms with E-state index in [9.17, 15) is 14.4 Å². The third-order valence-corrected chi connectivity index (χ3v) is 3.71. The highest BCUT2D eigenvalue weighted by Gasteiger charge is 2.19. The van der Waals surface area contributed by atoms with Crippen molar-refractivity contribution >= 4 is 23.0 Å². The SMILES string of the molecule is C[C@@H](NC(=O)OCc1ccccc1)C(=O)Oc1ccc2ccc(=O)oc2c1. The van der Waals surface area contributed by atoms with Crippen molar-refractivity contribution in [2.45, 2.75) is 19.6 Å². The maximum Gasteiger partial charge on any atom is 0.408 e. The van der Waals surface area contributed by atoms with E-state index >= 15 is 0 Å². The molecule has 7 nitrogen and oxygen atoms in total. The first-order chi connectivity index (χ1) is 13.0. The summed E-state index contributed by atoms with van der Waals surface area (Å²) in [6.07, 6.45) is -0.729. The Hall–Kier alpha value is -3.61. The maximum atomic E-state index is 12.1. The molecule has 1 heterocycles. The van der Waals surface area contributed by atoms with Gasteiger partial charge in [0.1, 0.15) is 24.0 Å². The Balaban J connectivity index is 1.55. The van der Waals surface area contributed by atoms with Gasteiger partial charge >= 0.3 is 17.7 Å². The number of nitrogens with one attached hydrogen (secondary N) is 1. The van der Waals surface area contributed by atoms with E-state index in [0.29, 0.717) is 11.0 Å². The monoisotopic (exact) mass is 367 g/mol. The van der Waals surface area contributed by atoms with Gasteiger partial charge in [-0.25, -0.2) is 14.4 Å². The molecule has 2 aromatic carbocycles. The van der Waals surface area contributed by atoms with Crippen LogP contribution in [0.1, 0.15) is 12.5 Å². The summed E-state index contributed by atoms with van der Waals surface area (Å²) in [5, 5.41) is 3.11. The van der Waals surface area contributed by atoms with Crippen molar-refractivity contribution in [3.05, 3.63) is 76.6 Å². The fourth-order valence-corrected chi connectivity index (χ4v) is 2.31. The molecule has 0 aliphatic rings. The molecule has 1 N–H and O–H groups in total. The zero-order valence-electron chi connectivity index (χ0n) is 14.5. The first kappa shape index (κ1) is 18.2. The van der Waals surface area contributed by atoms with Crippen molar-refractivity contribution < 1.29 is 23.5 Å². The van der Waals surface area contributed by atoms with Crippen LogP contribution in [-0.4, -0.2) is 18.1 Å². The normalized spacial score (nSPS) is 11.6. The average Bonchev–Trinajstić information content (AvgIpc) is 2.66. The number of fused-ring (bicyclic) bond motifs is 1. The second-order valence-electron chi connectivity index (χ2n) is 5.80. The first-order valence-electron chi connectivity index (χ1n) is 8.24. The van der Waals surface area contributed by atoms with Crippen LogP contribution in [0.3, 0.4) is 0 Å². The van der Waals surface area contributed by atoms with Crippen molar-refractivity contribution in [1.82, 2.24) is 5.32 Å². The number of hydrogen-bond acceptors (Lipinski definition) is 6. The molecule has 1 amide bonds. The van der Waals surface area contributed by atoms with Gasteiger partial charge in [0.05, 0.1) is 0 Å². The molecule has 0 fully saturated rings. The number of benzene rings is 2. The van der Waals surface area contributed by atoms with Gasteiger partial charge in [-0.2, -0.15) is 0 Å². The molecule has 3 rings (SSSR count). The van der Waals surface area contributed by atoms with Crippen LogP contribution in [0.25, 0.3) is 11.0 Å². The summed E-state index contributed by atoms with van der Waals surface area (Å²) in [6, 6.07) is 15.8. The highest BCUT2D eigenvalue weighted by molar-refractivity contribution is 5.84. The van der Waals surface area contributed by atoms with Crippen LogP contribution in [0.5, 0.6) is 5.75 Å². The molecule has 0 radical (unpaired) electrons. The van der Waals surface area contributed by atoms with Crippen LogP contribution < -0.4 is 15.7 Å². The third kappa shape index (κ3) is 4.94. The summed E-state index contributed by atoms with van der Waals surface area (Å²) in [7, 11) is 0. The summed E-state index contributed by atoms with van der Waals surface area (Å²) in [5.74, 6) is -0.475. The fraction of sp³-hybridized carbons (Fsp3) is 0.150. The van der Waals surface area contributed by atoms with Gasteiger partial charge in [-0.15, -0.1) is 0 Å². The topological polar surface area (TPSA) is 94.8 Å². The minimum absolute atomic E-state index is 0.0954. The number of amides is 1. The van der Waals surface area contributed by atoms with Gasteiger partial charge in [0, 0.05) is 17.5 Å². The zero-order valence-corrected chi connectivity index (χ0v) is 14.5. The van der Waals surface area contributed by atoms with E-state index in [1.807, 2.05) is 30.3 Å². The highest BCUT2D eigenvalue weighted by Crippen LogP contribution is 2.19. The van der Waals surface area contributed by atoms with Crippen molar-refractivity contribution in [1.29, 1.82) is 0 Å². The molecule has 0 spiro atoms. The average molecular weight is 367 g/mol. The Labute approximate surface area is 154 Å². The molecule has 0 saturated heterocycles. The lowest BCUT2D eigenvalue weighted by molar-refractivity contribution is -0.136. The van der Waals surface area contributed by atoms with E-state index in [1.165, 1.54) is 19.1 Å². The van der Waals surface area contributed by atoms with Gasteiger partial charge < -0.3 is 19.2 Å². The number of ether oxygens (including phenoxy) is 2. The smallest absolute Gasteiger partial charge is 0.408 e. The minimum atomic E-state index is -0.924. The summed E-state index contributed by atoms with van der Waals surface area (Å²) in [5.41, 5.74) is 0.637. The number of rotatable bonds is 5. The van der Waals surface area contributed by atoms with Crippen LogP contribution in [0.4, 0.5) is 4.79 Å². The van der Waals surface area contributed by atoms with Crippen molar-refractivity contribution in [2.75, 3.05) is 0 Å². The van der Waals surface area contributed by atoms with Gasteiger partial charge in [0.25, 0.3) is 0 Å². The van der Waals surface area contributed by atoms with Crippen LogP contribution >= 0.6 is 0 Å². The number of carbonyl (C=O) groups excluding carboxylic acids is 2. The molecule has 0 bridgehead atoms. The molecule has 0 saturated carbocycles. The number of hydrogen-bond donors (Lipinski definition) is 1. The van der Waals surface area contributed by atoms with Gasteiger partial charge in [-0.1, -0.05) is 30.3 Å². The molecule has 138 valence electrons. The number of esters is 1. The van der Waals surface area contributed by atoms with Gasteiger partial charge in [-0.05, 0) is 30.7 Å². The van der Waals surface area contributed by atoms with Crippen LogP contribution in [0, 0.1) is 0 Å². The quantitative estimate of drug-likeness (QED) is 0.423. The van der Waals surface area contributed by atoms with Crippen molar-refractivity contribution in [3.8, 4) is 5.75 Å². The fourth-order valence-electron chi connectivity index (χ4n) is 2.31. The van der Waals surface area contributed by atoms with E-state index in [0.717, 1.165) is 5.56 Å². The molecule has 0 aliphatic carbocycles. The molecule has 0 aliphatic heterocycles. The Kier molecular flexibility index (Phi) is 5.51. The zero-order chi connectivity index (χ0) is 19.2. The van der Waals surface area contributed by atoms with Gasteiger partial charge in [-0.3, -0.25) is 0 Å². The number of alkyl carbamates (subject to hydrolysis) is 1. The Morgan fingerprint density at radius 3 is 2.59 bits per heavy atom. The van der Waals surface area contributed by atoms with E-state index in [2.05, 4.69) is 5.32 Å². The lowest BCUT2D eigenvalue weighted by Crippen LogP contribution is -2.41. The molecular formula is C20H17NO6. The molecule has 1 aromatic heterocycles. The highest BCUT2D eigenvalue weighted by atomic mass is 16.6. The molecule has 1 atom stereocenters. The second kappa shape index (κ2) is 8.18. The Morgan fingerprint density at radius 1 is 1.07 bits per heavy atom. The summed E-state index contributed by atoms with van der Waals surface area (Å²) >= 11 is 0. The standard InChI is InChI=1S/C20H17NO6/c1-13(21-20(24)25-12-14-5-3-2-4-6-14)19(23)26-16-9-7-15-8-10-18(22)27-17(15)11-16/h2-11,13H,12H2,1H3,(H,21,24)/t13-/m1/s1. The predicted molar refractivity (Wildman–Crippen MR) is 97.3 cm³/mol. The summed E-state index contributed by atoms with van der Waals surface area (Å²) < 4.78 is 15.3. The Morgan fingerprint density at radius 2 is 1.81 bits per heavy atom. The molecule has 27 heavy (non-hydrogen) atoms. The minimum Gasteiger partial charge on any atom is -0.445 e. The van der Waals surface area contributed by atoms with E-state index in [-0.39, 0.29) is 12.4 Å². The largest absolute Gasteiger partial charge is 0.445 e.